The van der Waals surface area contributed by atoms with Gasteiger partial charge in [0.1, 0.15) is 5.75 Å². The lowest BCUT2D eigenvalue weighted by molar-refractivity contribution is -0.173. The van der Waals surface area contributed by atoms with Crippen molar-refractivity contribution in [3.05, 3.63) is 58.7 Å². The summed E-state index contributed by atoms with van der Waals surface area (Å²) in [6.45, 7) is 13.8. The van der Waals surface area contributed by atoms with Crippen LogP contribution in [0.5, 0.6) is 5.75 Å². The van der Waals surface area contributed by atoms with Crippen molar-refractivity contribution in [3.63, 3.8) is 0 Å². The summed E-state index contributed by atoms with van der Waals surface area (Å²) in [7, 11) is 0. The van der Waals surface area contributed by atoms with E-state index in [1.807, 2.05) is 60.0 Å². The Morgan fingerprint density at radius 2 is 1.46 bits per heavy atom. The number of aromatic hydroxyl groups is 1. The molecule has 0 radical (unpaired) electrons. The molecule has 0 unspecified atom stereocenters. The molecule has 0 aliphatic carbocycles. The summed E-state index contributed by atoms with van der Waals surface area (Å²) in [6, 6.07) is 11.7. The first-order chi connectivity index (χ1) is 27.7. The molecule has 0 aromatic heterocycles. The number of carbonyl (C=O) groups excluding carboxylic acids is 5. The standard InChI is InChI=1S/C43H60N6O9.CH4/c1-29-24-31(25-30(2)38(29)51)26-36(58-42(55)48-17-13-34(14-18-48)49-19-10-32-8-6-7-9-35(32)44-41(49)54)39(52)47-22-20-46(21-23-47)33-11-15-45(16-12-33)27-37(50)56-28-57-40(53)43(3,4)5;/h6-9,24-25,33-34,36,51H,10-23,26-28H2,1-5H3,(H,44,54);1H4/t36-;/m1./s1. The quantitative estimate of drug-likeness (QED) is 0.247. The summed E-state index contributed by atoms with van der Waals surface area (Å²) in [5.74, 6) is -0.900. The summed E-state index contributed by atoms with van der Waals surface area (Å²) in [5, 5.41) is 13.4. The van der Waals surface area contributed by atoms with Gasteiger partial charge in [0, 0.05) is 83.1 Å². The Balaban J connectivity index is 0.00000661. The number of benzene rings is 2. The number of rotatable bonds is 10. The maximum absolute atomic E-state index is 14.2. The second-order valence-corrected chi connectivity index (χ2v) is 17.1. The third kappa shape index (κ3) is 11.7. The number of amides is 4. The number of nitrogens with zero attached hydrogens (tertiary/aromatic N) is 5. The van der Waals surface area contributed by atoms with Crippen molar-refractivity contribution >= 4 is 35.7 Å². The molecule has 4 amide bonds. The number of nitrogens with one attached hydrogen (secondary N) is 1. The van der Waals surface area contributed by atoms with Gasteiger partial charge in [0.25, 0.3) is 5.91 Å². The van der Waals surface area contributed by atoms with Crippen LogP contribution < -0.4 is 5.32 Å². The van der Waals surface area contributed by atoms with Crippen LogP contribution in [0, 0.1) is 19.3 Å². The maximum atomic E-state index is 14.2. The van der Waals surface area contributed by atoms with Gasteiger partial charge in [0.15, 0.2) is 6.10 Å². The van der Waals surface area contributed by atoms with Gasteiger partial charge in [-0.3, -0.25) is 24.2 Å². The van der Waals surface area contributed by atoms with Gasteiger partial charge in [0.05, 0.1) is 12.0 Å². The van der Waals surface area contributed by atoms with Crippen LogP contribution in [0.15, 0.2) is 36.4 Å². The third-order valence-corrected chi connectivity index (χ3v) is 11.9. The first-order valence-corrected chi connectivity index (χ1v) is 20.6. The number of anilines is 1. The highest BCUT2D eigenvalue weighted by atomic mass is 16.7. The number of hydrogen-bond donors (Lipinski definition) is 2. The molecule has 59 heavy (non-hydrogen) atoms. The van der Waals surface area contributed by atoms with Crippen LogP contribution in [0.4, 0.5) is 15.3 Å². The molecule has 0 spiro atoms. The van der Waals surface area contributed by atoms with E-state index in [0.29, 0.717) is 75.8 Å². The Bertz CT molecular complexity index is 1780. The van der Waals surface area contributed by atoms with Crippen LogP contribution in [0.3, 0.4) is 0 Å². The van der Waals surface area contributed by atoms with Crippen molar-refractivity contribution < 1.29 is 43.3 Å². The number of esters is 2. The number of carbonyl (C=O) groups is 5. The molecule has 15 heteroatoms. The van der Waals surface area contributed by atoms with Gasteiger partial charge in [-0.15, -0.1) is 0 Å². The Kier molecular flexibility index (Phi) is 15.3. The van der Waals surface area contributed by atoms with Gasteiger partial charge < -0.3 is 39.3 Å². The van der Waals surface area contributed by atoms with E-state index in [1.165, 1.54) is 0 Å². The molecule has 324 valence electrons. The Morgan fingerprint density at radius 3 is 2.10 bits per heavy atom. The van der Waals surface area contributed by atoms with E-state index in [-0.39, 0.29) is 44.1 Å². The summed E-state index contributed by atoms with van der Waals surface area (Å²) in [6.07, 6.45) is 2.29. The topological polar surface area (TPSA) is 161 Å². The first kappa shape index (κ1) is 45.2. The fourth-order valence-electron chi connectivity index (χ4n) is 8.40. The van der Waals surface area contributed by atoms with Crippen LogP contribution in [0.1, 0.15) is 76.1 Å². The smallest absolute Gasteiger partial charge is 0.410 e. The Hall–Kier alpha value is -4.89. The number of likely N-dealkylation sites (tertiary alicyclic amines) is 2. The number of hydrogen-bond acceptors (Lipinski definition) is 11. The lowest BCUT2D eigenvalue weighted by Crippen LogP contribution is -2.57. The molecule has 4 aliphatic rings. The van der Waals surface area contributed by atoms with Gasteiger partial charge in [-0.25, -0.2) is 9.59 Å². The molecule has 4 aliphatic heterocycles. The van der Waals surface area contributed by atoms with Crippen LogP contribution in [-0.2, 0) is 41.4 Å². The predicted molar refractivity (Wildman–Crippen MR) is 223 cm³/mol. The van der Waals surface area contributed by atoms with Crippen LogP contribution in [-0.4, -0.2) is 150 Å². The Morgan fingerprint density at radius 1 is 0.831 bits per heavy atom. The average Bonchev–Trinajstić information content (AvgIpc) is 3.37. The number of ether oxygens (including phenoxy) is 3. The second-order valence-electron chi connectivity index (χ2n) is 17.1. The number of piperazine rings is 1. The molecule has 1 atom stereocenters. The largest absolute Gasteiger partial charge is 0.507 e. The highest BCUT2D eigenvalue weighted by molar-refractivity contribution is 5.91. The van der Waals surface area contributed by atoms with Crippen molar-refractivity contribution in [3.8, 4) is 5.75 Å². The van der Waals surface area contributed by atoms with E-state index < -0.39 is 36.3 Å². The highest BCUT2D eigenvalue weighted by Gasteiger charge is 2.37. The van der Waals surface area contributed by atoms with Crippen molar-refractivity contribution in [2.75, 3.05) is 77.6 Å². The minimum absolute atomic E-state index is 0. The van der Waals surface area contributed by atoms with Gasteiger partial charge in [-0.05, 0) is 95.0 Å². The van der Waals surface area contributed by atoms with Crippen molar-refractivity contribution in [2.45, 2.75) is 98.8 Å². The maximum Gasteiger partial charge on any atom is 0.410 e. The molecule has 4 heterocycles. The first-order valence-electron chi connectivity index (χ1n) is 20.6. The van der Waals surface area contributed by atoms with Crippen molar-refractivity contribution in [1.82, 2.24) is 24.5 Å². The van der Waals surface area contributed by atoms with Crippen molar-refractivity contribution in [1.29, 1.82) is 0 Å². The molecule has 6 rings (SSSR count). The summed E-state index contributed by atoms with van der Waals surface area (Å²) in [5.41, 5.74) is 3.45. The molecular weight excluding hydrogens is 757 g/mol. The summed E-state index contributed by atoms with van der Waals surface area (Å²) >= 11 is 0. The molecular formula is C44H64N6O9. The normalized spacial score (nSPS) is 19.1. The third-order valence-electron chi connectivity index (χ3n) is 11.9. The zero-order chi connectivity index (χ0) is 41.6. The predicted octanol–water partition coefficient (Wildman–Crippen LogP) is 4.95. The molecule has 15 nitrogen and oxygen atoms in total. The second kappa shape index (κ2) is 19.9. The average molecular weight is 821 g/mol. The number of phenols is 1. The summed E-state index contributed by atoms with van der Waals surface area (Å²) in [4.78, 5) is 75.1. The number of piperidine rings is 2. The lowest BCUT2D eigenvalue weighted by atomic mass is 9.98. The van der Waals surface area contributed by atoms with Crippen LogP contribution >= 0.6 is 0 Å². The molecule has 3 fully saturated rings. The van der Waals surface area contributed by atoms with E-state index in [0.717, 1.165) is 49.2 Å². The van der Waals surface area contributed by atoms with Gasteiger partial charge in [-0.1, -0.05) is 37.8 Å². The van der Waals surface area contributed by atoms with Gasteiger partial charge in [0.2, 0.25) is 6.79 Å². The molecule has 2 N–H and O–H groups in total. The Labute approximate surface area is 348 Å². The number of para-hydroxylation sites is 1. The van der Waals surface area contributed by atoms with E-state index in [9.17, 15) is 29.1 Å². The summed E-state index contributed by atoms with van der Waals surface area (Å²) < 4.78 is 16.3. The number of aryl methyl sites for hydroxylation is 2. The lowest BCUT2D eigenvalue weighted by Gasteiger charge is -2.43. The molecule has 2 aromatic rings. The number of phenolic OH excluding ortho intramolecular Hbond substituents is 1. The molecule has 2 aromatic carbocycles. The molecule has 3 saturated heterocycles. The van der Waals surface area contributed by atoms with Gasteiger partial charge in [-0.2, -0.15) is 0 Å². The fraction of sp³-hybridized carbons (Fsp3) is 0.614. The van der Waals surface area contributed by atoms with Crippen LogP contribution in [0.25, 0.3) is 0 Å². The molecule has 0 saturated carbocycles. The highest BCUT2D eigenvalue weighted by Crippen LogP contribution is 2.27. The van der Waals surface area contributed by atoms with E-state index in [4.69, 9.17) is 14.2 Å². The molecule has 0 bridgehead atoms. The number of fused-ring (bicyclic) bond motifs is 1. The number of urea groups is 1. The zero-order valence-electron chi connectivity index (χ0n) is 34.7. The van der Waals surface area contributed by atoms with Gasteiger partial charge >= 0.3 is 24.1 Å². The van der Waals surface area contributed by atoms with Crippen molar-refractivity contribution in [2.24, 2.45) is 5.41 Å². The minimum atomic E-state index is -1.05. The van der Waals surface area contributed by atoms with E-state index >= 15 is 0 Å². The monoisotopic (exact) mass is 820 g/mol. The zero-order valence-corrected chi connectivity index (χ0v) is 34.7. The van der Waals surface area contributed by atoms with E-state index in [2.05, 4.69) is 10.2 Å². The fourth-order valence-corrected chi connectivity index (χ4v) is 8.40. The van der Waals surface area contributed by atoms with Crippen LogP contribution in [0.2, 0.25) is 0 Å². The minimum Gasteiger partial charge on any atom is -0.507 e. The SMILES string of the molecule is C.Cc1cc(C[C@@H](OC(=O)N2CCC(N3CCc4ccccc4NC3=O)CC2)C(=O)N2CCN(C3CCN(CC(=O)OCOC(=O)C(C)(C)C)CC3)CC2)cc(C)c1O. The van der Waals surface area contributed by atoms with E-state index in [1.54, 1.807) is 30.6 Å².